The summed E-state index contributed by atoms with van der Waals surface area (Å²) < 4.78 is 7.44. The van der Waals surface area contributed by atoms with E-state index in [2.05, 4.69) is 26.8 Å². The summed E-state index contributed by atoms with van der Waals surface area (Å²) in [6.45, 7) is 4.26. The van der Waals surface area contributed by atoms with Crippen molar-refractivity contribution in [3.63, 3.8) is 0 Å². The Hall–Kier alpha value is -1.89. The Kier molecular flexibility index (Phi) is 4.04. The molecule has 1 aliphatic rings. The maximum Gasteiger partial charge on any atom is 0.152 e. The number of ether oxygens (including phenoxy) is 1. The Morgan fingerprint density at radius 3 is 2.92 bits per heavy atom. The minimum absolute atomic E-state index is 0.237. The molecule has 4 rings (SSSR count). The molecule has 4 heterocycles. The zero-order valence-corrected chi connectivity index (χ0v) is 14.5. The van der Waals surface area contributed by atoms with Gasteiger partial charge in [0.05, 0.1) is 24.3 Å². The molecule has 0 amide bonds. The van der Waals surface area contributed by atoms with Crippen LogP contribution in [0.3, 0.4) is 0 Å². The SMILES string of the molecule is C[C@@H]1COCCN1c1cn(-c2cc(Cl)ccn2)c2ncnc(Cl)c12. The summed E-state index contributed by atoms with van der Waals surface area (Å²) >= 11 is 12.5. The van der Waals surface area contributed by atoms with Crippen LogP contribution in [0.2, 0.25) is 10.2 Å². The van der Waals surface area contributed by atoms with Gasteiger partial charge in [0.2, 0.25) is 0 Å². The predicted molar refractivity (Wildman–Crippen MR) is 94.3 cm³/mol. The summed E-state index contributed by atoms with van der Waals surface area (Å²) in [6.07, 6.45) is 5.12. The van der Waals surface area contributed by atoms with E-state index in [1.165, 1.54) is 6.33 Å². The molecule has 0 bridgehead atoms. The lowest BCUT2D eigenvalue weighted by molar-refractivity contribution is 0.0991. The maximum atomic E-state index is 6.39. The van der Waals surface area contributed by atoms with E-state index < -0.39 is 0 Å². The number of hydrogen-bond donors (Lipinski definition) is 0. The van der Waals surface area contributed by atoms with Gasteiger partial charge in [-0.15, -0.1) is 0 Å². The van der Waals surface area contributed by atoms with Crippen molar-refractivity contribution in [2.75, 3.05) is 24.7 Å². The van der Waals surface area contributed by atoms with Gasteiger partial charge in [0.15, 0.2) is 5.65 Å². The molecule has 3 aromatic heterocycles. The fourth-order valence-electron chi connectivity index (χ4n) is 3.01. The van der Waals surface area contributed by atoms with E-state index in [1.54, 1.807) is 18.3 Å². The molecule has 0 N–H and O–H groups in total. The minimum Gasteiger partial charge on any atom is -0.377 e. The van der Waals surface area contributed by atoms with Gasteiger partial charge in [-0.25, -0.2) is 15.0 Å². The summed E-state index contributed by atoms with van der Waals surface area (Å²) in [5, 5.41) is 1.85. The van der Waals surface area contributed by atoms with Gasteiger partial charge in [0, 0.05) is 36.1 Å². The normalized spacial score (nSPS) is 18.3. The third-order valence-corrected chi connectivity index (χ3v) is 4.67. The standard InChI is InChI=1S/C16H15Cl2N5O/c1-10-8-24-5-4-22(10)12-7-23(13-6-11(17)2-3-19-13)16-14(12)15(18)20-9-21-16/h2-3,6-7,9-10H,4-5,8H2,1H3/t10-/m1/s1. The van der Waals surface area contributed by atoms with E-state index in [0.29, 0.717) is 34.9 Å². The van der Waals surface area contributed by atoms with E-state index in [-0.39, 0.29) is 6.04 Å². The number of halogens is 2. The molecule has 0 radical (unpaired) electrons. The summed E-state index contributed by atoms with van der Waals surface area (Å²) in [7, 11) is 0. The molecule has 0 aromatic carbocycles. The van der Waals surface area contributed by atoms with Crippen LogP contribution >= 0.6 is 23.2 Å². The Labute approximate surface area is 149 Å². The van der Waals surface area contributed by atoms with Crippen LogP contribution in [0.1, 0.15) is 6.92 Å². The quantitative estimate of drug-likeness (QED) is 0.653. The molecule has 1 atom stereocenters. The first-order chi connectivity index (χ1) is 11.6. The van der Waals surface area contributed by atoms with Crippen molar-refractivity contribution in [2.24, 2.45) is 0 Å². The Balaban J connectivity index is 1.94. The highest BCUT2D eigenvalue weighted by atomic mass is 35.5. The summed E-state index contributed by atoms with van der Waals surface area (Å²) in [5.74, 6) is 0.689. The molecule has 1 fully saturated rings. The molecule has 8 heteroatoms. The van der Waals surface area contributed by atoms with Crippen LogP contribution < -0.4 is 4.90 Å². The number of aromatic nitrogens is 4. The van der Waals surface area contributed by atoms with E-state index in [9.17, 15) is 0 Å². The fourth-order valence-corrected chi connectivity index (χ4v) is 3.39. The first-order valence-electron chi connectivity index (χ1n) is 7.63. The molecule has 0 spiro atoms. The van der Waals surface area contributed by atoms with Crippen molar-refractivity contribution >= 4 is 39.9 Å². The number of morpholine rings is 1. The lowest BCUT2D eigenvalue weighted by atomic mass is 10.2. The maximum absolute atomic E-state index is 6.39. The smallest absolute Gasteiger partial charge is 0.152 e. The lowest BCUT2D eigenvalue weighted by Crippen LogP contribution is -2.43. The second kappa shape index (κ2) is 6.20. The van der Waals surface area contributed by atoms with E-state index in [1.807, 2.05) is 10.8 Å². The topological polar surface area (TPSA) is 56.1 Å². The summed E-state index contributed by atoms with van der Waals surface area (Å²) in [6, 6.07) is 3.77. The highest BCUT2D eigenvalue weighted by molar-refractivity contribution is 6.35. The largest absolute Gasteiger partial charge is 0.377 e. The van der Waals surface area contributed by atoms with Crippen molar-refractivity contribution in [3.8, 4) is 5.82 Å². The second-order valence-corrected chi connectivity index (χ2v) is 6.49. The monoisotopic (exact) mass is 363 g/mol. The van der Waals surface area contributed by atoms with Crippen molar-refractivity contribution < 1.29 is 4.74 Å². The van der Waals surface area contributed by atoms with Crippen molar-refractivity contribution in [2.45, 2.75) is 13.0 Å². The van der Waals surface area contributed by atoms with Gasteiger partial charge in [-0.1, -0.05) is 23.2 Å². The minimum atomic E-state index is 0.237. The molecular weight excluding hydrogens is 349 g/mol. The highest BCUT2D eigenvalue weighted by Gasteiger charge is 2.25. The first kappa shape index (κ1) is 15.6. The van der Waals surface area contributed by atoms with Crippen LogP contribution in [0.25, 0.3) is 16.9 Å². The van der Waals surface area contributed by atoms with Crippen LogP contribution in [0.15, 0.2) is 30.9 Å². The number of rotatable bonds is 2. The molecule has 6 nitrogen and oxygen atoms in total. The molecule has 3 aromatic rings. The molecule has 0 unspecified atom stereocenters. The van der Waals surface area contributed by atoms with E-state index in [0.717, 1.165) is 17.6 Å². The molecule has 0 aliphatic carbocycles. The number of hydrogen-bond acceptors (Lipinski definition) is 5. The number of pyridine rings is 1. The van der Waals surface area contributed by atoms with Crippen LogP contribution in [-0.4, -0.2) is 45.3 Å². The number of nitrogens with zero attached hydrogens (tertiary/aromatic N) is 5. The molecule has 1 aliphatic heterocycles. The van der Waals surface area contributed by atoms with Gasteiger partial charge in [0.1, 0.15) is 17.3 Å². The van der Waals surface area contributed by atoms with Crippen LogP contribution in [0.5, 0.6) is 0 Å². The Morgan fingerprint density at radius 1 is 1.25 bits per heavy atom. The van der Waals surface area contributed by atoms with Gasteiger partial charge < -0.3 is 9.64 Å². The Morgan fingerprint density at radius 2 is 2.12 bits per heavy atom. The fraction of sp³-hybridized carbons (Fsp3) is 0.312. The van der Waals surface area contributed by atoms with Gasteiger partial charge in [-0.3, -0.25) is 4.57 Å². The highest BCUT2D eigenvalue weighted by Crippen LogP contribution is 2.35. The third kappa shape index (κ3) is 2.60. The molecule has 1 saturated heterocycles. The zero-order chi connectivity index (χ0) is 16.7. The van der Waals surface area contributed by atoms with E-state index >= 15 is 0 Å². The van der Waals surface area contributed by atoms with Gasteiger partial charge in [-0.2, -0.15) is 0 Å². The molecule has 124 valence electrons. The van der Waals surface area contributed by atoms with Crippen LogP contribution in [0.4, 0.5) is 5.69 Å². The molecule has 0 saturated carbocycles. The molecule has 24 heavy (non-hydrogen) atoms. The average molecular weight is 364 g/mol. The van der Waals surface area contributed by atoms with Crippen LogP contribution in [-0.2, 0) is 4.74 Å². The lowest BCUT2D eigenvalue weighted by Gasteiger charge is -2.34. The second-order valence-electron chi connectivity index (χ2n) is 5.70. The molecular formula is C16H15Cl2N5O. The Bertz CT molecular complexity index is 897. The van der Waals surface area contributed by atoms with Gasteiger partial charge >= 0.3 is 0 Å². The predicted octanol–water partition coefficient (Wildman–Crippen LogP) is 3.35. The first-order valence-corrected chi connectivity index (χ1v) is 8.38. The van der Waals surface area contributed by atoms with E-state index in [4.69, 9.17) is 27.9 Å². The van der Waals surface area contributed by atoms with Gasteiger partial charge in [0.25, 0.3) is 0 Å². The van der Waals surface area contributed by atoms with Crippen molar-refractivity contribution in [3.05, 3.63) is 41.0 Å². The van der Waals surface area contributed by atoms with Gasteiger partial charge in [-0.05, 0) is 13.0 Å². The van der Waals surface area contributed by atoms with Crippen molar-refractivity contribution in [1.82, 2.24) is 19.5 Å². The summed E-state index contributed by atoms with van der Waals surface area (Å²) in [4.78, 5) is 15.2. The number of anilines is 1. The number of fused-ring (bicyclic) bond motifs is 1. The summed E-state index contributed by atoms with van der Waals surface area (Å²) in [5.41, 5.74) is 1.69. The zero-order valence-electron chi connectivity index (χ0n) is 13.0. The van der Waals surface area contributed by atoms with Crippen molar-refractivity contribution in [1.29, 1.82) is 0 Å². The van der Waals surface area contributed by atoms with Crippen LogP contribution in [0, 0.1) is 0 Å². The average Bonchev–Trinajstić information content (AvgIpc) is 2.96. The third-order valence-electron chi connectivity index (χ3n) is 4.15.